The average Bonchev–Trinajstić information content (AvgIpc) is 2.29. The zero-order valence-electron chi connectivity index (χ0n) is 10.1. The third-order valence-corrected chi connectivity index (χ3v) is 2.03. The van der Waals surface area contributed by atoms with Crippen LogP contribution in [0.15, 0.2) is 6.33 Å². The molecule has 3 nitrogen and oxygen atoms in total. The van der Waals surface area contributed by atoms with E-state index in [9.17, 15) is 0 Å². The molecule has 0 aliphatic rings. The minimum atomic E-state index is 0.0735. The molecule has 1 rings (SSSR count). The van der Waals surface area contributed by atoms with Crippen LogP contribution < -0.4 is 0 Å². The summed E-state index contributed by atoms with van der Waals surface area (Å²) in [5, 5.41) is 8.17. The van der Waals surface area contributed by atoms with E-state index < -0.39 is 0 Å². The topological polar surface area (TPSA) is 30.7 Å². The minimum absolute atomic E-state index is 0.0735. The van der Waals surface area contributed by atoms with Gasteiger partial charge >= 0.3 is 0 Å². The number of nitrogens with zero attached hydrogens (tertiary/aromatic N) is 3. The van der Waals surface area contributed by atoms with Crippen LogP contribution in [0.1, 0.15) is 47.4 Å². The maximum Gasteiger partial charge on any atom is 0.133 e. The van der Waals surface area contributed by atoms with Gasteiger partial charge in [-0.25, -0.2) is 0 Å². The zero-order chi connectivity index (χ0) is 11.0. The van der Waals surface area contributed by atoms with E-state index in [-0.39, 0.29) is 11.0 Å². The van der Waals surface area contributed by atoms with E-state index in [1.54, 1.807) is 0 Å². The summed E-state index contributed by atoms with van der Waals surface area (Å²) in [6.45, 7) is 13.2. The molecule has 0 atom stereocenters. The first-order valence-corrected chi connectivity index (χ1v) is 5.09. The SMILES string of the molecule is CC(C)(C)Cc1nncn1C(C)(C)C. The fourth-order valence-electron chi connectivity index (χ4n) is 1.41. The van der Waals surface area contributed by atoms with Gasteiger partial charge in [0, 0.05) is 12.0 Å². The van der Waals surface area contributed by atoms with Crippen molar-refractivity contribution in [1.29, 1.82) is 0 Å². The molecule has 14 heavy (non-hydrogen) atoms. The normalized spacial score (nSPS) is 13.3. The second kappa shape index (κ2) is 3.37. The van der Waals surface area contributed by atoms with Crippen LogP contribution in [0.25, 0.3) is 0 Å². The monoisotopic (exact) mass is 195 g/mol. The van der Waals surface area contributed by atoms with Crippen molar-refractivity contribution in [2.75, 3.05) is 0 Å². The van der Waals surface area contributed by atoms with Crippen molar-refractivity contribution in [3.05, 3.63) is 12.2 Å². The molecule has 0 saturated carbocycles. The smallest absolute Gasteiger partial charge is 0.133 e. The molecule has 0 bridgehead atoms. The lowest BCUT2D eigenvalue weighted by Gasteiger charge is -2.25. The summed E-state index contributed by atoms with van der Waals surface area (Å²) in [6.07, 6.45) is 2.78. The fraction of sp³-hybridized carbons (Fsp3) is 0.818. The molecular weight excluding hydrogens is 174 g/mol. The van der Waals surface area contributed by atoms with Crippen LogP contribution in [0.4, 0.5) is 0 Å². The third-order valence-electron chi connectivity index (χ3n) is 2.03. The average molecular weight is 195 g/mol. The Kier molecular flexibility index (Phi) is 2.70. The highest BCUT2D eigenvalue weighted by atomic mass is 15.3. The molecular formula is C11H21N3. The van der Waals surface area contributed by atoms with Gasteiger partial charge in [0.15, 0.2) is 0 Å². The van der Waals surface area contributed by atoms with E-state index in [1.165, 1.54) is 0 Å². The van der Waals surface area contributed by atoms with Crippen LogP contribution in [0.2, 0.25) is 0 Å². The van der Waals surface area contributed by atoms with E-state index in [1.807, 2.05) is 6.33 Å². The molecule has 0 N–H and O–H groups in total. The summed E-state index contributed by atoms with van der Waals surface area (Å²) in [5.74, 6) is 1.07. The van der Waals surface area contributed by atoms with Gasteiger partial charge in [-0.05, 0) is 26.2 Å². The van der Waals surface area contributed by atoms with E-state index in [4.69, 9.17) is 0 Å². The predicted molar refractivity (Wildman–Crippen MR) is 58.2 cm³/mol. The Morgan fingerprint density at radius 3 is 2.14 bits per heavy atom. The molecule has 0 unspecified atom stereocenters. The van der Waals surface area contributed by atoms with Crippen LogP contribution in [0.3, 0.4) is 0 Å². The minimum Gasteiger partial charge on any atom is -0.312 e. The summed E-state index contributed by atoms with van der Waals surface area (Å²) in [6, 6.07) is 0. The molecule has 0 aliphatic heterocycles. The van der Waals surface area contributed by atoms with Gasteiger partial charge in [-0.2, -0.15) is 0 Å². The number of hydrogen-bond acceptors (Lipinski definition) is 2. The van der Waals surface area contributed by atoms with Crippen molar-refractivity contribution in [2.45, 2.75) is 53.5 Å². The molecule has 0 aliphatic carbocycles. The molecule has 0 fully saturated rings. The van der Waals surface area contributed by atoms with Gasteiger partial charge < -0.3 is 4.57 Å². The van der Waals surface area contributed by atoms with Gasteiger partial charge in [0.1, 0.15) is 12.2 Å². The summed E-state index contributed by atoms with van der Waals surface area (Å²) in [4.78, 5) is 0. The number of hydrogen-bond donors (Lipinski definition) is 0. The first kappa shape index (κ1) is 11.2. The van der Waals surface area contributed by atoms with Gasteiger partial charge in [-0.15, -0.1) is 10.2 Å². The third kappa shape index (κ3) is 2.82. The zero-order valence-corrected chi connectivity index (χ0v) is 10.1. The maximum absolute atomic E-state index is 4.18. The lowest BCUT2D eigenvalue weighted by molar-refractivity contribution is 0.342. The second-order valence-corrected chi connectivity index (χ2v) is 6.03. The van der Waals surface area contributed by atoms with Gasteiger partial charge in [0.2, 0.25) is 0 Å². The van der Waals surface area contributed by atoms with Gasteiger partial charge in [0.05, 0.1) is 0 Å². The highest BCUT2D eigenvalue weighted by Gasteiger charge is 2.21. The largest absolute Gasteiger partial charge is 0.312 e. The van der Waals surface area contributed by atoms with Gasteiger partial charge in [-0.1, -0.05) is 20.8 Å². The van der Waals surface area contributed by atoms with E-state index >= 15 is 0 Å². The molecule has 80 valence electrons. The molecule has 0 spiro atoms. The molecule has 1 heterocycles. The summed E-state index contributed by atoms with van der Waals surface area (Å²) in [7, 11) is 0. The van der Waals surface area contributed by atoms with Crippen LogP contribution in [-0.2, 0) is 12.0 Å². The van der Waals surface area contributed by atoms with Gasteiger partial charge in [-0.3, -0.25) is 0 Å². The van der Waals surface area contributed by atoms with Crippen molar-refractivity contribution in [3.63, 3.8) is 0 Å². The standard InChI is InChI=1S/C11H21N3/c1-10(2,3)7-9-13-12-8-14(9)11(4,5)6/h8H,7H2,1-6H3. The van der Waals surface area contributed by atoms with Crippen LogP contribution >= 0.6 is 0 Å². The number of rotatable bonds is 1. The van der Waals surface area contributed by atoms with Crippen molar-refractivity contribution in [1.82, 2.24) is 14.8 Å². The molecule has 0 radical (unpaired) electrons. The van der Waals surface area contributed by atoms with Crippen molar-refractivity contribution in [2.24, 2.45) is 5.41 Å². The van der Waals surface area contributed by atoms with Crippen molar-refractivity contribution >= 4 is 0 Å². The Morgan fingerprint density at radius 1 is 1.14 bits per heavy atom. The quantitative estimate of drug-likeness (QED) is 0.689. The second-order valence-electron chi connectivity index (χ2n) is 6.03. The Bertz CT molecular complexity index is 299. The highest BCUT2D eigenvalue weighted by Crippen LogP contribution is 2.22. The fourth-order valence-corrected chi connectivity index (χ4v) is 1.41. The maximum atomic E-state index is 4.18. The Hall–Kier alpha value is -0.860. The van der Waals surface area contributed by atoms with Crippen LogP contribution in [0.5, 0.6) is 0 Å². The van der Waals surface area contributed by atoms with E-state index in [0.717, 1.165) is 12.2 Å². The molecule has 0 amide bonds. The molecule has 1 aromatic rings. The molecule has 1 aromatic heterocycles. The predicted octanol–water partition coefficient (Wildman–Crippen LogP) is 2.62. The lowest BCUT2D eigenvalue weighted by atomic mass is 9.91. The van der Waals surface area contributed by atoms with E-state index in [0.29, 0.717) is 0 Å². The number of aromatic nitrogens is 3. The Morgan fingerprint density at radius 2 is 1.71 bits per heavy atom. The molecule has 0 saturated heterocycles. The summed E-state index contributed by atoms with van der Waals surface area (Å²) in [5.41, 5.74) is 0.333. The summed E-state index contributed by atoms with van der Waals surface area (Å²) >= 11 is 0. The first-order valence-electron chi connectivity index (χ1n) is 5.09. The van der Waals surface area contributed by atoms with Crippen LogP contribution in [0, 0.1) is 5.41 Å². The van der Waals surface area contributed by atoms with Crippen molar-refractivity contribution in [3.8, 4) is 0 Å². The summed E-state index contributed by atoms with van der Waals surface area (Å²) < 4.78 is 2.15. The van der Waals surface area contributed by atoms with Crippen LogP contribution in [-0.4, -0.2) is 14.8 Å². The Balaban J connectivity index is 2.95. The molecule has 3 heteroatoms. The lowest BCUT2D eigenvalue weighted by Crippen LogP contribution is -2.25. The van der Waals surface area contributed by atoms with Gasteiger partial charge in [0.25, 0.3) is 0 Å². The first-order chi connectivity index (χ1) is 6.20. The van der Waals surface area contributed by atoms with Crippen molar-refractivity contribution < 1.29 is 0 Å². The van der Waals surface area contributed by atoms with E-state index in [2.05, 4.69) is 56.3 Å². The molecule has 0 aromatic carbocycles. The Labute approximate surface area is 86.5 Å². The highest BCUT2D eigenvalue weighted by molar-refractivity contribution is 4.95.